The number of nitrogens with one attached hydrogen (secondary N) is 3. The van der Waals surface area contributed by atoms with E-state index in [0.29, 0.717) is 6.42 Å². The number of carbonyl (C=O) groups is 2. The van der Waals surface area contributed by atoms with Crippen LogP contribution in [-0.4, -0.2) is 155 Å². The molecule has 0 bridgehead atoms. The lowest BCUT2D eigenvalue weighted by atomic mass is 9.91. The molecule has 0 radical (unpaired) electrons. The monoisotopic (exact) mass is 844 g/mol. The summed E-state index contributed by atoms with van der Waals surface area (Å²) >= 11 is 0. The van der Waals surface area contributed by atoms with Gasteiger partial charge in [-0.05, 0) is 18.9 Å². The smallest absolute Gasteiger partial charge is 0.330 e. The van der Waals surface area contributed by atoms with Crippen LogP contribution in [0.2, 0.25) is 0 Å². The van der Waals surface area contributed by atoms with Crippen molar-refractivity contribution in [2.24, 2.45) is 0 Å². The lowest BCUT2D eigenvalue weighted by molar-refractivity contribution is -0.346. The lowest BCUT2D eigenvalue weighted by Gasteiger charge is -2.47. The highest BCUT2D eigenvalue weighted by Crippen LogP contribution is 2.34. The number of aromatic amines is 1. The summed E-state index contributed by atoms with van der Waals surface area (Å²) in [6.45, 7) is 2.55. The number of aliphatic hydroxyl groups excluding tert-OH is 8. The molecule has 0 unspecified atom stereocenters. The van der Waals surface area contributed by atoms with Crippen molar-refractivity contribution in [1.82, 2.24) is 20.2 Å². The molecule has 20 heteroatoms. The first-order valence-corrected chi connectivity index (χ1v) is 20.7. The summed E-state index contributed by atoms with van der Waals surface area (Å²) in [5.74, 6) is -1.35. The van der Waals surface area contributed by atoms with Crippen LogP contribution in [0.1, 0.15) is 104 Å². The molecule has 4 heterocycles. The van der Waals surface area contributed by atoms with Gasteiger partial charge >= 0.3 is 5.69 Å². The molecule has 4 rings (SSSR count). The van der Waals surface area contributed by atoms with Gasteiger partial charge < -0.3 is 70.4 Å². The number of aromatic nitrogens is 2. The van der Waals surface area contributed by atoms with E-state index in [1.165, 1.54) is 51.0 Å². The van der Waals surface area contributed by atoms with Gasteiger partial charge in [0, 0.05) is 25.6 Å². The fourth-order valence-corrected chi connectivity index (χ4v) is 7.68. The highest BCUT2D eigenvalue weighted by molar-refractivity contribution is 5.87. The fraction of sp³-hybridized carbons (Fsp3) is 0.795. The van der Waals surface area contributed by atoms with Crippen molar-refractivity contribution in [2.75, 3.05) is 6.61 Å². The largest absolute Gasteiger partial charge is 0.394 e. The third-order valence-electron chi connectivity index (χ3n) is 11.0. The van der Waals surface area contributed by atoms with E-state index in [2.05, 4.69) is 17.6 Å². The Morgan fingerprint density at radius 2 is 1.36 bits per heavy atom. The zero-order valence-electron chi connectivity index (χ0n) is 33.7. The van der Waals surface area contributed by atoms with Crippen molar-refractivity contribution in [3.8, 4) is 0 Å². The maximum absolute atomic E-state index is 13.1. The van der Waals surface area contributed by atoms with E-state index in [1.807, 2.05) is 4.98 Å². The van der Waals surface area contributed by atoms with Crippen molar-refractivity contribution in [3.63, 3.8) is 0 Å². The summed E-state index contributed by atoms with van der Waals surface area (Å²) in [6, 6.07) is -2.01. The molecular formula is C39H64N4O16. The number of carbonyl (C=O) groups excluding carboxylic acids is 2. The molecule has 3 saturated heterocycles. The number of allylic oxidation sites excluding steroid dienone is 1. The summed E-state index contributed by atoms with van der Waals surface area (Å²) in [4.78, 5) is 51.1. The maximum atomic E-state index is 13.1. The number of aliphatic hydroxyl groups is 8. The minimum Gasteiger partial charge on any atom is -0.394 e. The van der Waals surface area contributed by atoms with Crippen molar-refractivity contribution in [3.05, 3.63) is 45.3 Å². The van der Waals surface area contributed by atoms with Crippen molar-refractivity contribution >= 4 is 11.8 Å². The van der Waals surface area contributed by atoms with Gasteiger partial charge in [-0.2, -0.15) is 0 Å². The summed E-state index contributed by atoms with van der Waals surface area (Å²) in [5, 5.41) is 91.4. The highest BCUT2D eigenvalue weighted by Gasteiger charge is 2.53. The summed E-state index contributed by atoms with van der Waals surface area (Å²) in [6.07, 6.45) is -5.00. The second-order valence-electron chi connectivity index (χ2n) is 15.6. The van der Waals surface area contributed by atoms with Crippen molar-refractivity contribution in [2.45, 2.75) is 189 Å². The van der Waals surface area contributed by atoms with E-state index in [9.17, 15) is 60.0 Å². The van der Waals surface area contributed by atoms with Gasteiger partial charge in [-0.1, -0.05) is 77.2 Å². The van der Waals surface area contributed by atoms with Crippen LogP contribution in [0.5, 0.6) is 0 Å². The third-order valence-corrected chi connectivity index (χ3v) is 11.0. The third kappa shape index (κ3) is 13.4. The van der Waals surface area contributed by atoms with Crippen LogP contribution in [0.25, 0.3) is 0 Å². The average molecular weight is 845 g/mol. The average Bonchev–Trinajstić information content (AvgIpc) is 3.49. The molecule has 20 nitrogen and oxygen atoms in total. The normalized spacial score (nSPS) is 34.2. The minimum atomic E-state index is -1.85. The Morgan fingerprint density at radius 3 is 1.93 bits per heavy atom. The Morgan fingerprint density at radius 1 is 0.797 bits per heavy atom. The number of hydrogen-bond donors (Lipinski definition) is 11. The predicted octanol–water partition coefficient (Wildman–Crippen LogP) is -1.94. The molecule has 3 aliphatic heterocycles. The molecule has 15 atom stereocenters. The van der Waals surface area contributed by atoms with E-state index in [1.54, 1.807) is 6.08 Å². The van der Waals surface area contributed by atoms with Gasteiger partial charge in [0.15, 0.2) is 18.8 Å². The molecule has 0 aliphatic carbocycles. The SMILES string of the molecule is CCCCCCCCCCCCC/C=C/C(=O)N[C@H]1[C@H](O[C@@H]2O[C@H](CO)[C@@H](O)[C@H](O)[C@H]2NC(C)=O)O[C@H](C[C@H](O)[C@H]2O[C@@H](n3ccc(=O)[nH]c3=O)[C@H](O)[C@@H]2O)[C@H](O)[C@@H]1O. The summed E-state index contributed by atoms with van der Waals surface area (Å²) in [7, 11) is 0. The van der Waals surface area contributed by atoms with Gasteiger partial charge in [-0.15, -0.1) is 0 Å². The Labute approximate surface area is 342 Å². The molecule has 0 saturated carbocycles. The van der Waals surface area contributed by atoms with Gasteiger partial charge in [-0.3, -0.25) is 23.9 Å². The molecule has 2 amide bonds. The van der Waals surface area contributed by atoms with E-state index in [0.717, 1.165) is 49.4 Å². The predicted molar refractivity (Wildman–Crippen MR) is 207 cm³/mol. The number of unbranched alkanes of at least 4 members (excludes halogenated alkanes) is 11. The van der Waals surface area contributed by atoms with Crippen LogP contribution in [-0.2, 0) is 28.5 Å². The number of hydrogen-bond acceptors (Lipinski definition) is 16. The second kappa shape index (κ2) is 23.8. The first-order valence-electron chi connectivity index (χ1n) is 20.7. The molecule has 0 spiro atoms. The van der Waals surface area contributed by atoms with Crippen molar-refractivity contribution < 1.29 is 69.4 Å². The number of rotatable bonds is 22. The van der Waals surface area contributed by atoms with E-state index in [-0.39, 0.29) is 0 Å². The zero-order valence-corrected chi connectivity index (χ0v) is 33.7. The van der Waals surface area contributed by atoms with Gasteiger partial charge in [0.05, 0.1) is 18.8 Å². The van der Waals surface area contributed by atoms with Crippen LogP contribution in [0.3, 0.4) is 0 Å². The van der Waals surface area contributed by atoms with Gasteiger partial charge in [0.2, 0.25) is 11.8 Å². The minimum absolute atomic E-state index is 0.597. The van der Waals surface area contributed by atoms with Crippen LogP contribution < -0.4 is 21.9 Å². The van der Waals surface area contributed by atoms with Crippen LogP contribution in [0.4, 0.5) is 0 Å². The van der Waals surface area contributed by atoms with Crippen LogP contribution in [0, 0.1) is 0 Å². The highest BCUT2D eigenvalue weighted by atomic mass is 16.8. The molecule has 11 N–H and O–H groups in total. The second-order valence-corrected chi connectivity index (χ2v) is 15.6. The zero-order chi connectivity index (χ0) is 43.2. The Bertz CT molecular complexity index is 1590. The first-order chi connectivity index (χ1) is 28.2. The lowest BCUT2D eigenvalue weighted by Crippen LogP contribution is -2.68. The Hall–Kier alpha value is -3.12. The molecule has 59 heavy (non-hydrogen) atoms. The van der Waals surface area contributed by atoms with Gasteiger partial charge in [-0.25, -0.2) is 4.79 Å². The molecule has 0 aromatic carbocycles. The summed E-state index contributed by atoms with van der Waals surface area (Å²) < 4.78 is 24.1. The van der Waals surface area contributed by atoms with E-state index >= 15 is 0 Å². The standard InChI is InChI=1S/C39H64N4O16/c1-3-4-5-6-7-8-9-10-11-12-13-14-15-16-25(47)41-28-32(52)29(49)23(56-38(28)59-37-27(40-21(2)45)31(51)30(50)24(20-44)57-37)19-22(46)35-33(53)34(54)36(58-35)43-18-17-26(48)42-39(43)55/h15-18,22-24,27-38,44,46,49-54H,3-14,19-20H2,1-2H3,(H,40,45)(H,41,47)(H,42,48,55)/b16-15+/t22-,23+,24+,27+,28+,29-,30+,31+,32+,33-,34+,35+,36+,37-,38-/m0/s1. The van der Waals surface area contributed by atoms with Crippen LogP contribution in [0.15, 0.2) is 34.0 Å². The number of H-pyrrole nitrogens is 1. The molecule has 336 valence electrons. The number of amides is 2. The Balaban J connectivity index is 1.44. The molecule has 3 fully saturated rings. The first kappa shape index (κ1) is 48.5. The van der Waals surface area contributed by atoms with E-state index in [4.69, 9.17) is 18.9 Å². The number of nitrogens with zero attached hydrogens (tertiary/aromatic N) is 1. The van der Waals surface area contributed by atoms with Gasteiger partial charge in [0.25, 0.3) is 5.56 Å². The van der Waals surface area contributed by atoms with E-state index < -0.39 is 128 Å². The fourth-order valence-electron chi connectivity index (χ4n) is 7.68. The molecule has 1 aromatic rings. The van der Waals surface area contributed by atoms with Crippen LogP contribution >= 0.6 is 0 Å². The number of ether oxygens (including phenoxy) is 4. The topological polar surface area (TPSA) is 312 Å². The van der Waals surface area contributed by atoms with Gasteiger partial charge in [0.1, 0.15) is 60.9 Å². The summed E-state index contributed by atoms with van der Waals surface area (Å²) in [5.41, 5.74) is -1.68. The maximum Gasteiger partial charge on any atom is 0.330 e. The Kier molecular flexibility index (Phi) is 19.6. The molecular weight excluding hydrogens is 780 g/mol. The quantitative estimate of drug-likeness (QED) is 0.0447. The molecule has 1 aromatic heterocycles. The van der Waals surface area contributed by atoms with Crippen molar-refractivity contribution in [1.29, 1.82) is 0 Å². The molecule has 3 aliphatic rings.